The van der Waals surface area contributed by atoms with E-state index in [0.29, 0.717) is 40.5 Å². The number of nitrogens with one attached hydrogen (secondary N) is 2. The van der Waals surface area contributed by atoms with Crippen LogP contribution in [-0.4, -0.2) is 43.5 Å². The first-order chi connectivity index (χ1) is 12.5. The van der Waals surface area contributed by atoms with Crippen LogP contribution >= 0.6 is 0 Å². The topological polar surface area (TPSA) is 94.6 Å². The zero-order chi connectivity index (χ0) is 19.1. The molecule has 1 amide bonds. The minimum absolute atomic E-state index is 0.295. The first-order valence-corrected chi connectivity index (χ1v) is 8.24. The average molecular weight is 360 g/mol. The maximum Gasteiger partial charge on any atom is 0.257 e. The van der Waals surface area contributed by atoms with Crippen LogP contribution in [0, 0.1) is 0 Å². The molecule has 2 N–H and O–H groups in total. The largest absolute Gasteiger partial charge is 0.493 e. The molecule has 0 fully saturated rings. The highest BCUT2D eigenvalue weighted by molar-refractivity contribution is 6.04. The third kappa shape index (κ3) is 4.53. The first kappa shape index (κ1) is 19.3. The highest BCUT2D eigenvalue weighted by Crippen LogP contribution is 2.38. The highest BCUT2D eigenvalue weighted by atomic mass is 16.5. The van der Waals surface area contributed by atoms with Crippen molar-refractivity contribution in [3.05, 3.63) is 29.8 Å². The van der Waals surface area contributed by atoms with E-state index in [0.717, 1.165) is 6.42 Å². The van der Waals surface area contributed by atoms with Gasteiger partial charge in [-0.15, -0.1) is 10.2 Å². The SMILES string of the molecule is CCC(C)Nc1ccc(NC(=O)c2cc(OC)c(OC)c(OC)c2)nn1. The Balaban J connectivity index is 2.17. The Labute approximate surface area is 152 Å². The number of anilines is 2. The molecule has 140 valence electrons. The fraction of sp³-hybridized carbons (Fsp3) is 0.389. The molecule has 0 saturated carbocycles. The van der Waals surface area contributed by atoms with Crippen molar-refractivity contribution in [2.45, 2.75) is 26.3 Å². The summed E-state index contributed by atoms with van der Waals surface area (Å²) in [6.07, 6.45) is 0.974. The van der Waals surface area contributed by atoms with E-state index >= 15 is 0 Å². The van der Waals surface area contributed by atoms with Gasteiger partial charge in [0.25, 0.3) is 5.91 Å². The van der Waals surface area contributed by atoms with Crippen LogP contribution in [0.15, 0.2) is 24.3 Å². The van der Waals surface area contributed by atoms with Gasteiger partial charge in [-0.25, -0.2) is 0 Å². The molecule has 2 rings (SSSR count). The molecule has 1 aromatic carbocycles. The van der Waals surface area contributed by atoms with E-state index in [9.17, 15) is 4.79 Å². The number of methoxy groups -OCH3 is 3. The van der Waals surface area contributed by atoms with Gasteiger partial charge in [0.05, 0.1) is 21.3 Å². The van der Waals surface area contributed by atoms with Gasteiger partial charge in [0.15, 0.2) is 17.3 Å². The van der Waals surface area contributed by atoms with E-state index < -0.39 is 0 Å². The molecule has 0 spiro atoms. The Morgan fingerprint density at radius 3 is 2.08 bits per heavy atom. The summed E-state index contributed by atoms with van der Waals surface area (Å²) in [6, 6.07) is 6.90. The van der Waals surface area contributed by atoms with Gasteiger partial charge in [0.1, 0.15) is 5.82 Å². The molecule has 2 aromatic rings. The molecule has 1 heterocycles. The standard InChI is InChI=1S/C18H24N4O4/c1-6-11(2)19-15-7-8-16(22-21-15)20-18(23)12-9-13(24-3)17(26-5)14(10-12)25-4/h7-11H,6H2,1-5H3,(H,19,21)(H,20,22,23). The third-order valence-corrected chi connectivity index (χ3v) is 3.84. The Kier molecular flexibility index (Phi) is 6.60. The summed E-state index contributed by atoms with van der Waals surface area (Å²) in [6.45, 7) is 4.14. The minimum Gasteiger partial charge on any atom is -0.493 e. The van der Waals surface area contributed by atoms with Crippen LogP contribution in [0.1, 0.15) is 30.6 Å². The molecule has 1 unspecified atom stereocenters. The van der Waals surface area contributed by atoms with Gasteiger partial charge in [0.2, 0.25) is 5.75 Å². The van der Waals surface area contributed by atoms with E-state index in [2.05, 4.69) is 34.7 Å². The number of carbonyl (C=O) groups is 1. The molecule has 1 aromatic heterocycles. The normalized spacial score (nSPS) is 11.4. The quantitative estimate of drug-likeness (QED) is 0.747. The lowest BCUT2D eigenvalue weighted by atomic mass is 10.1. The molecule has 0 aliphatic heterocycles. The summed E-state index contributed by atoms with van der Waals surface area (Å²) < 4.78 is 15.8. The lowest BCUT2D eigenvalue weighted by molar-refractivity contribution is 0.102. The van der Waals surface area contributed by atoms with Crippen LogP contribution in [-0.2, 0) is 0 Å². The molecule has 8 nitrogen and oxygen atoms in total. The van der Waals surface area contributed by atoms with Gasteiger partial charge in [-0.05, 0) is 37.6 Å². The number of nitrogens with zero attached hydrogens (tertiary/aromatic N) is 2. The van der Waals surface area contributed by atoms with Crippen molar-refractivity contribution in [3.8, 4) is 17.2 Å². The van der Waals surface area contributed by atoms with Gasteiger partial charge in [-0.2, -0.15) is 0 Å². The summed E-state index contributed by atoms with van der Waals surface area (Å²) in [5.41, 5.74) is 0.350. The van der Waals surface area contributed by atoms with Gasteiger partial charge in [0, 0.05) is 11.6 Å². The van der Waals surface area contributed by atoms with Crippen LogP contribution in [0.25, 0.3) is 0 Å². The van der Waals surface area contributed by atoms with Crippen molar-refractivity contribution in [2.24, 2.45) is 0 Å². The van der Waals surface area contributed by atoms with Gasteiger partial charge < -0.3 is 24.8 Å². The van der Waals surface area contributed by atoms with Crippen molar-refractivity contribution in [1.82, 2.24) is 10.2 Å². The summed E-state index contributed by atoms with van der Waals surface area (Å²) in [5, 5.41) is 14.0. The molecular formula is C18H24N4O4. The molecule has 0 saturated heterocycles. The van der Waals surface area contributed by atoms with Crippen molar-refractivity contribution < 1.29 is 19.0 Å². The number of hydrogen-bond donors (Lipinski definition) is 2. The van der Waals surface area contributed by atoms with Crippen LogP contribution in [0.3, 0.4) is 0 Å². The Morgan fingerprint density at radius 2 is 1.62 bits per heavy atom. The number of hydrogen-bond acceptors (Lipinski definition) is 7. The average Bonchev–Trinajstić information content (AvgIpc) is 2.67. The Morgan fingerprint density at radius 1 is 1.04 bits per heavy atom. The number of aromatic nitrogens is 2. The number of benzene rings is 1. The van der Waals surface area contributed by atoms with E-state index in [-0.39, 0.29) is 5.91 Å². The molecule has 1 atom stereocenters. The second-order valence-electron chi connectivity index (χ2n) is 5.63. The zero-order valence-corrected chi connectivity index (χ0v) is 15.6. The molecule has 26 heavy (non-hydrogen) atoms. The van der Waals surface area contributed by atoms with Crippen molar-refractivity contribution >= 4 is 17.5 Å². The summed E-state index contributed by atoms with van der Waals surface area (Å²) in [5.74, 6) is 1.86. The van der Waals surface area contributed by atoms with E-state index in [1.165, 1.54) is 21.3 Å². The lowest BCUT2D eigenvalue weighted by Crippen LogP contribution is -2.16. The smallest absolute Gasteiger partial charge is 0.257 e. The second kappa shape index (κ2) is 8.89. The Bertz CT molecular complexity index is 724. The van der Waals surface area contributed by atoms with E-state index in [1.54, 1.807) is 24.3 Å². The predicted molar refractivity (Wildman–Crippen MR) is 99.5 cm³/mol. The fourth-order valence-corrected chi connectivity index (χ4v) is 2.23. The third-order valence-electron chi connectivity index (χ3n) is 3.84. The number of carbonyl (C=O) groups excluding carboxylic acids is 1. The molecule has 0 radical (unpaired) electrons. The zero-order valence-electron chi connectivity index (χ0n) is 15.6. The first-order valence-electron chi connectivity index (χ1n) is 8.24. The maximum absolute atomic E-state index is 12.5. The number of ether oxygens (including phenoxy) is 3. The van der Waals surface area contributed by atoms with Crippen molar-refractivity contribution in [1.29, 1.82) is 0 Å². The molecule has 0 aliphatic rings. The van der Waals surface area contributed by atoms with Crippen LogP contribution in [0.2, 0.25) is 0 Å². The molecule has 8 heteroatoms. The van der Waals surface area contributed by atoms with E-state index in [4.69, 9.17) is 14.2 Å². The monoisotopic (exact) mass is 360 g/mol. The van der Waals surface area contributed by atoms with Gasteiger partial charge >= 0.3 is 0 Å². The minimum atomic E-state index is -0.360. The van der Waals surface area contributed by atoms with Gasteiger partial charge in [-0.1, -0.05) is 6.92 Å². The second-order valence-corrected chi connectivity index (χ2v) is 5.63. The van der Waals surface area contributed by atoms with Crippen LogP contribution in [0.5, 0.6) is 17.2 Å². The fourth-order valence-electron chi connectivity index (χ4n) is 2.23. The summed E-state index contributed by atoms with van der Waals surface area (Å²) in [4.78, 5) is 12.5. The highest BCUT2D eigenvalue weighted by Gasteiger charge is 2.17. The summed E-state index contributed by atoms with van der Waals surface area (Å²) in [7, 11) is 4.49. The number of rotatable bonds is 8. The Hall–Kier alpha value is -3.03. The summed E-state index contributed by atoms with van der Waals surface area (Å²) >= 11 is 0. The molecule has 0 aliphatic carbocycles. The van der Waals surface area contributed by atoms with Crippen LogP contribution < -0.4 is 24.8 Å². The van der Waals surface area contributed by atoms with E-state index in [1.807, 2.05) is 0 Å². The number of amides is 1. The van der Waals surface area contributed by atoms with Crippen molar-refractivity contribution in [2.75, 3.05) is 32.0 Å². The molecule has 0 bridgehead atoms. The maximum atomic E-state index is 12.5. The predicted octanol–water partition coefficient (Wildman–Crippen LogP) is 2.97. The lowest BCUT2D eigenvalue weighted by Gasteiger charge is -2.14. The molecular weight excluding hydrogens is 336 g/mol. The van der Waals surface area contributed by atoms with Crippen LogP contribution in [0.4, 0.5) is 11.6 Å². The van der Waals surface area contributed by atoms with Gasteiger partial charge in [-0.3, -0.25) is 4.79 Å². The van der Waals surface area contributed by atoms with Crippen molar-refractivity contribution in [3.63, 3.8) is 0 Å².